The van der Waals surface area contributed by atoms with Crippen LogP contribution in [0.5, 0.6) is 0 Å². The van der Waals surface area contributed by atoms with Crippen molar-refractivity contribution in [1.82, 2.24) is 10.6 Å². The minimum Gasteiger partial charge on any atom is -0.454 e. The molecule has 0 bridgehead atoms. The molecule has 0 saturated carbocycles. The number of carbonyl (C=O) groups is 2. The van der Waals surface area contributed by atoms with E-state index in [-0.39, 0.29) is 27.7 Å². The average Bonchev–Trinajstić information content (AvgIpc) is 2.53. The van der Waals surface area contributed by atoms with Crippen LogP contribution in [0.15, 0.2) is 29.7 Å². The summed E-state index contributed by atoms with van der Waals surface area (Å²) in [7, 11) is 0. The largest absolute Gasteiger partial charge is 0.454 e. The van der Waals surface area contributed by atoms with Gasteiger partial charge in [0, 0.05) is 23.1 Å². The Hall–Kier alpha value is -3.32. The van der Waals surface area contributed by atoms with Crippen molar-refractivity contribution in [2.75, 3.05) is 0 Å². The summed E-state index contributed by atoms with van der Waals surface area (Å²) in [6.07, 6.45) is -1.13. The van der Waals surface area contributed by atoms with Gasteiger partial charge in [-0.15, -0.1) is 0 Å². The maximum atomic E-state index is 12.3. The van der Waals surface area contributed by atoms with Crippen LogP contribution in [0.1, 0.15) is 11.5 Å². The molecule has 0 aromatic heterocycles. The minimum atomic E-state index is -1.13. The second-order valence-corrected chi connectivity index (χ2v) is 5.76. The highest BCUT2D eigenvalue weighted by molar-refractivity contribution is 6.31. The molecule has 1 saturated heterocycles. The van der Waals surface area contributed by atoms with Gasteiger partial charge in [-0.25, -0.2) is 4.79 Å². The maximum Gasteiger partial charge on any atom is 0.324 e. The molecule has 128 valence electrons. The molecule has 1 fully saturated rings. The van der Waals surface area contributed by atoms with Gasteiger partial charge in [0.1, 0.15) is 12.0 Å². The minimum absolute atomic E-state index is 0.102. The van der Waals surface area contributed by atoms with Gasteiger partial charge >= 0.3 is 6.03 Å². The highest BCUT2D eigenvalue weighted by Crippen LogP contribution is 2.43. The van der Waals surface area contributed by atoms with Crippen LogP contribution >= 0.6 is 11.6 Å². The Labute approximate surface area is 145 Å². The smallest absolute Gasteiger partial charge is 0.324 e. The summed E-state index contributed by atoms with van der Waals surface area (Å²) in [5.41, 5.74) is 5.54. The Morgan fingerprint density at radius 3 is 2.76 bits per heavy atom. The third-order valence-electron chi connectivity index (χ3n) is 3.97. The third kappa shape index (κ3) is 2.70. The second-order valence-electron chi connectivity index (χ2n) is 5.36. The number of urea groups is 1. The van der Waals surface area contributed by atoms with E-state index in [9.17, 15) is 25.0 Å². The number of amides is 3. The van der Waals surface area contributed by atoms with Crippen molar-refractivity contribution in [1.29, 1.82) is 5.26 Å². The summed E-state index contributed by atoms with van der Waals surface area (Å²) < 4.78 is 5.27. The number of hydrogen-bond donors (Lipinski definition) is 3. The van der Waals surface area contributed by atoms with E-state index in [0.29, 0.717) is 0 Å². The predicted octanol–water partition coefficient (Wildman–Crippen LogP) is 0.838. The molecule has 2 aliphatic heterocycles. The van der Waals surface area contributed by atoms with E-state index >= 15 is 0 Å². The number of hydrogen-bond acceptors (Lipinski definition) is 7. The summed E-state index contributed by atoms with van der Waals surface area (Å²) >= 11 is 6.16. The normalized spacial score (nSPS) is 25.2. The number of imide groups is 1. The summed E-state index contributed by atoms with van der Waals surface area (Å²) in [6.45, 7) is 0. The van der Waals surface area contributed by atoms with Crippen LogP contribution in [-0.4, -0.2) is 23.1 Å². The van der Waals surface area contributed by atoms with Gasteiger partial charge in [0.2, 0.25) is 11.8 Å². The van der Waals surface area contributed by atoms with Crippen LogP contribution in [0.3, 0.4) is 0 Å². The highest BCUT2D eigenvalue weighted by Gasteiger charge is 2.49. The van der Waals surface area contributed by atoms with Crippen molar-refractivity contribution in [3.8, 4) is 6.07 Å². The van der Waals surface area contributed by atoms with Crippen molar-refractivity contribution in [3.05, 3.63) is 50.4 Å². The van der Waals surface area contributed by atoms with Gasteiger partial charge in [-0.1, -0.05) is 11.6 Å². The number of nitriles is 1. The van der Waals surface area contributed by atoms with Crippen molar-refractivity contribution in [3.63, 3.8) is 0 Å². The standard InChI is InChI=1S/C14H10ClN5O5/c15-8-2-1-5(20(23)24)3-6(8)9-7(4-16)11(17)25-13-10(9)12(21)18-14(22)19-13/h1-3,9-10,13H,17H2,(H2,18,19,21,22). The van der Waals surface area contributed by atoms with E-state index in [4.69, 9.17) is 22.1 Å². The fraction of sp³-hybridized carbons (Fsp3) is 0.214. The first kappa shape index (κ1) is 16.5. The first-order valence-electron chi connectivity index (χ1n) is 6.95. The molecule has 0 aliphatic carbocycles. The number of halogens is 1. The second kappa shape index (κ2) is 5.95. The lowest BCUT2D eigenvalue weighted by atomic mass is 9.77. The number of fused-ring (bicyclic) bond motifs is 1. The lowest BCUT2D eigenvalue weighted by Gasteiger charge is -2.40. The summed E-state index contributed by atoms with van der Waals surface area (Å²) in [4.78, 5) is 34.2. The number of allylic oxidation sites excluding steroid dienone is 1. The van der Waals surface area contributed by atoms with Crippen LogP contribution < -0.4 is 16.4 Å². The van der Waals surface area contributed by atoms with Crippen molar-refractivity contribution >= 4 is 29.2 Å². The van der Waals surface area contributed by atoms with Crippen molar-refractivity contribution in [2.45, 2.75) is 12.1 Å². The summed E-state index contributed by atoms with van der Waals surface area (Å²) in [6, 6.07) is 4.74. The number of ether oxygens (including phenoxy) is 1. The Balaban J connectivity index is 2.20. The van der Waals surface area contributed by atoms with Gasteiger partial charge in [-0.2, -0.15) is 5.26 Å². The number of benzene rings is 1. The molecule has 3 rings (SSSR count). The van der Waals surface area contributed by atoms with E-state index < -0.39 is 34.9 Å². The molecule has 4 N–H and O–H groups in total. The molecule has 1 aromatic carbocycles. The molecule has 2 heterocycles. The first-order valence-corrected chi connectivity index (χ1v) is 7.33. The molecule has 3 unspecified atom stereocenters. The number of nitrogens with two attached hydrogens (primary N) is 1. The monoisotopic (exact) mass is 363 g/mol. The zero-order chi connectivity index (χ0) is 18.3. The number of nitrogens with one attached hydrogen (secondary N) is 2. The van der Waals surface area contributed by atoms with Crippen molar-refractivity contribution in [2.24, 2.45) is 11.7 Å². The maximum absolute atomic E-state index is 12.3. The van der Waals surface area contributed by atoms with Gasteiger partial charge in [-0.3, -0.25) is 20.2 Å². The number of nitro benzene ring substituents is 1. The zero-order valence-corrected chi connectivity index (χ0v) is 13.1. The molecule has 25 heavy (non-hydrogen) atoms. The molecule has 3 amide bonds. The van der Waals surface area contributed by atoms with Gasteiger partial charge < -0.3 is 15.8 Å². The third-order valence-corrected chi connectivity index (χ3v) is 4.32. The zero-order valence-electron chi connectivity index (χ0n) is 12.4. The Morgan fingerprint density at radius 1 is 1.40 bits per heavy atom. The summed E-state index contributed by atoms with van der Waals surface area (Å²) in [5.74, 6) is -3.08. The fourth-order valence-electron chi connectivity index (χ4n) is 2.91. The number of rotatable bonds is 2. The van der Waals surface area contributed by atoms with E-state index in [0.717, 1.165) is 0 Å². The Bertz CT molecular complexity index is 877. The molecule has 11 heteroatoms. The molecular weight excluding hydrogens is 354 g/mol. The van der Waals surface area contributed by atoms with E-state index in [2.05, 4.69) is 10.6 Å². The van der Waals surface area contributed by atoms with Crippen LogP contribution in [-0.2, 0) is 9.53 Å². The van der Waals surface area contributed by atoms with Crippen molar-refractivity contribution < 1.29 is 19.2 Å². The van der Waals surface area contributed by atoms with Gasteiger partial charge in [-0.05, 0) is 11.6 Å². The van der Waals surface area contributed by atoms with Crippen LogP contribution in [0.25, 0.3) is 0 Å². The SMILES string of the molecule is N#CC1=C(N)OC2NC(=O)NC(=O)C2C1c1cc([N+](=O)[O-])ccc1Cl. The molecule has 3 atom stereocenters. The molecule has 2 aliphatic rings. The predicted molar refractivity (Wildman–Crippen MR) is 82.7 cm³/mol. The summed E-state index contributed by atoms with van der Waals surface area (Å²) in [5, 5.41) is 25.1. The number of carbonyl (C=O) groups excluding carboxylic acids is 2. The van der Waals surface area contributed by atoms with Gasteiger partial charge in [0.05, 0.1) is 10.5 Å². The Kier molecular flexibility index (Phi) is 3.94. The quantitative estimate of drug-likeness (QED) is 0.518. The van der Waals surface area contributed by atoms with Gasteiger partial charge in [0.25, 0.3) is 5.69 Å². The van der Waals surface area contributed by atoms with Crippen LogP contribution in [0, 0.1) is 27.4 Å². The number of non-ortho nitro benzene ring substituents is 1. The molecule has 10 nitrogen and oxygen atoms in total. The van der Waals surface area contributed by atoms with E-state index in [1.54, 1.807) is 0 Å². The van der Waals surface area contributed by atoms with Crippen LogP contribution in [0.4, 0.5) is 10.5 Å². The average molecular weight is 364 g/mol. The molecule has 0 spiro atoms. The Morgan fingerprint density at radius 2 is 2.12 bits per heavy atom. The molecule has 0 radical (unpaired) electrons. The highest BCUT2D eigenvalue weighted by atomic mass is 35.5. The fourth-order valence-corrected chi connectivity index (χ4v) is 3.14. The van der Waals surface area contributed by atoms with E-state index in [1.807, 2.05) is 6.07 Å². The molecular formula is C14H10ClN5O5. The number of nitro groups is 1. The first-order chi connectivity index (χ1) is 11.8. The molecule has 1 aromatic rings. The van der Waals surface area contributed by atoms with E-state index in [1.165, 1.54) is 18.2 Å². The lowest BCUT2D eigenvalue weighted by Crippen LogP contribution is -2.62. The van der Waals surface area contributed by atoms with Crippen LogP contribution in [0.2, 0.25) is 5.02 Å². The topological polar surface area (TPSA) is 160 Å². The number of nitrogens with zero attached hydrogens (tertiary/aromatic N) is 2. The van der Waals surface area contributed by atoms with Gasteiger partial charge in [0.15, 0.2) is 6.23 Å². The lowest BCUT2D eigenvalue weighted by molar-refractivity contribution is -0.384.